The lowest BCUT2D eigenvalue weighted by molar-refractivity contribution is 0.176. The first-order valence-corrected chi connectivity index (χ1v) is 8.69. The Bertz CT molecular complexity index is 451. The van der Waals surface area contributed by atoms with Crippen LogP contribution < -0.4 is 9.64 Å². The molecular formula is C18H29N3O. The fraction of sp³-hybridized carbons (Fsp3) is 0.667. The molecule has 22 heavy (non-hydrogen) atoms. The summed E-state index contributed by atoms with van der Waals surface area (Å²) in [5, 5.41) is 0. The van der Waals surface area contributed by atoms with Gasteiger partial charge in [0.05, 0.1) is 12.8 Å². The highest BCUT2D eigenvalue weighted by molar-refractivity contribution is 5.58. The molecule has 0 unspecified atom stereocenters. The van der Waals surface area contributed by atoms with Crippen molar-refractivity contribution in [1.29, 1.82) is 0 Å². The molecule has 2 fully saturated rings. The summed E-state index contributed by atoms with van der Waals surface area (Å²) in [4.78, 5) is 7.70. The van der Waals surface area contributed by atoms with Gasteiger partial charge in [-0.05, 0) is 38.1 Å². The smallest absolute Gasteiger partial charge is 0.142 e. The lowest BCUT2D eigenvalue weighted by Gasteiger charge is -2.37. The van der Waals surface area contributed by atoms with Gasteiger partial charge >= 0.3 is 0 Å². The third-order valence-corrected chi connectivity index (χ3v) is 4.98. The van der Waals surface area contributed by atoms with Gasteiger partial charge < -0.3 is 14.5 Å². The van der Waals surface area contributed by atoms with Crippen LogP contribution in [0.3, 0.4) is 0 Å². The van der Waals surface area contributed by atoms with Gasteiger partial charge in [0.25, 0.3) is 0 Å². The first-order chi connectivity index (χ1) is 10.9. The maximum Gasteiger partial charge on any atom is 0.142 e. The van der Waals surface area contributed by atoms with Gasteiger partial charge in [-0.25, -0.2) is 0 Å². The Hall–Kier alpha value is -1.26. The summed E-state index contributed by atoms with van der Waals surface area (Å²) >= 11 is 0. The molecule has 0 amide bonds. The molecule has 2 saturated heterocycles. The number of para-hydroxylation sites is 2. The second kappa shape index (κ2) is 7.84. The maximum absolute atomic E-state index is 5.49. The summed E-state index contributed by atoms with van der Waals surface area (Å²) in [6, 6.07) is 8.36. The highest BCUT2D eigenvalue weighted by atomic mass is 16.5. The van der Waals surface area contributed by atoms with Gasteiger partial charge in [-0.1, -0.05) is 18.6 Å². The van der Waals surface area contributed by atoms with Gasteiger partial charge in [-0.3, -0.25) is 4.90 Å². The largest absolute Gasteiger partial charge is 0.495 e. The Labute approximate surface area is 134 Å². The number of benzene rings is 1. The molecule has 0 radical (unpaired) electrons. The Morgan fingerprint density at radius 3 is 2.14 bits per heavy atom. The maximum atomic E-state index is 5.49. The van der Waals surface area contributed by atoms with E-state index in [9.17, 15) is 0 Å². The van der Waals surface area contributed by atoms with E-state index in [1.54, 1.807) is 7.11 Å². The van der Waals surface area contributed by atoms with Crippen molar-refractivity contribution in [2.45, 2.75) is 19.3 Å². The van der Waals surface area contributed by atoms with E-state index in [2.05, 4.69) is 32.9 Å². The van der Waals surface area contributed by atoms with Crippen molar-refractivity contribution in [1.82, 2.24) is 9.80 Å². The minimum Gasteiger partial charge on any atom is -0.495 e. The predicted octanol–water partition coefficient (Wildman–Crippen LogP) is 2.30. The van der Waals surface area contributed by atoms with Gasteiger partial charge in [0.1, 0.15) is 5.75 Å². The molecule has 0 aromatic heterocycles. The van der Waals surface area contributed by atoms with Crippen molar-refractivity contribution in [2.75, 3.05) is 64.4 Å². The number of likely N-dealkylation sites (tertiary alicyclic amines) is 1. The van der Waals surface area contributed by atoms with Crippen LogP contribution in [-0.4, -0.2) is 69.3 Å². The lowest BCUT2D eigenvalue weighted by Crippen LogP contribution is -2.49. The molecule has 4 nitrogen and oxygen atoms in total. The SMILES string of the molecule is COc1ccccc1N1CCN(CCN2CCCCC2)CC1. The van der Waals surface area contributed by atoms with Gasteiger partial charge in [-0.15, -0.1) is 0 Å². The van der Waals surface area contributed by atoms with Crippen molar-refractivity contribution in [2.24, 2.45) is 0 Å². The Kier molecular flexibility index (Phi) is 5.57. The zero-order chi connectivity index (χ0) is 15.2. The Morgan fingerprint density at radius 1 is 0.818 bits per heavy atom. The number of hydrogen-bond acceptors (Lipinski definition) is 4. The molecule has 0 N–H and O–H groups in total. The fourth-order valence-electron chi connectivity index (χ4n) is 3.57. The van der Waals surface area contributed by atoms with E-state index < -0.39 is 0 Å². The molecule has 2 aliphatic heterocycles. The van der Waals surface area contributed by atoms with Crippen molar-refractivity contribution in [3.63, 3.8) is 0 Å². The van der Waals surface area contributed by atoms with Crippen LogP contribution >= 0.6 is 0 Å². The average molecular weight is 303 g/mol. The topological polar surface area (TPSA) is 19.0 Å². The highest BCUT2D eigenvalue weighted by Gasteiger charge is 2.20. The third kappa shape index (κ3) is 3.93. The van der Waals surface area contributed by atoms with Crippen molar-refractivity contribution in [3.05, 3.63) is 24.3 Å². The van der Waals surface area contributed by atoms with E-state index >= 15 is 0 Å². The molecule has 0 aliphatic carbocycles. The minimum absolute atomic E-state index is 0.990. The number of piperazine rings is 1. The van der Waals surface area contributed by atoms with Crippen LogP contribution in [0.25, 0.3) is 0 Å². The molecule has 0 saturated carbocycles. The summed E-state index contributed by atoms with van der Waals surface area (Å²) in [6.07, 6.45) is 4.21. The monoisotopic (exact) mass is 303 g/mol. The number of nitrogens with zero attached hydrogens (tertiary/aromatic N) is 3. The lowest BCUT2D eigenvalue weighted by atomic mass is 10.1. The van der Waals surface area contributed by atoms with Crippen LogP contribution in [0.4, 0.5) is 5.69 Å². The fourth-order valence-corrected chi connectivity index (χ4v) is 3.57. The minimum atomic E-state index is 0.990. The molecule has 0 atom stereocenters. The zero-order valence-corrected chi connectivity index (χ0v) is 13.8. The standard InChI is InChI=1S/C18H29N3O/c1-22-18-8-4-3-7-17(18)21-15-13-20(14-16-21)12-11-19-9-5-2-6-10-19/h3-4,7-8H,2,5-6,9-16H2,1H3. The molecule has 1 aromatic rings. The molecule has 1 aromatic carbocycles. The summed E-state index contributed by atoms with van der Waals surface area (Å²) in [5.41, 5.74) is 1.24. The number of ether oxygens (including phenoxy) is 1. The Balaban J connectivity index is 1.45. The summed E-state index contributed by atoms with van der Waals surface area (Å²) < 4.78 is 5.49. The predicted molar refractivity (Wildman–Crippen MR) is 91.9 cm³/mol. The van der Waals surface area contributed by atoms with E-state index in [0.717, 1.165) is 31.9 Å². The first-order valence-electron chi connectivity index (χ1n) is 8.69. The van der Waals surface area contributed by atoms with Crippen molar-refractivity contribution >= 4 is 5.69 Å². The van der Waals surface area contributed by atoms with Crippen LogP contribution in [-0.2, 0) is 0 Å². The van der Waals surface area contributed by atoms with E-state index in [4.69, 9.17) is 4.74 Å². The van der Waals surface area contributed by atoms with Crippen molar-refractivity contribution < 1.29 is 4.74 Å². The summed E-state index contributed by atoms with van der Waals surface area (Å²) in [7, 11) is 1.76. The van der Waals surface area contributed by atoms with Crippen LogP contribution in [0.2, 0.25) is 0 Å². The summed E-state index contributed by atoms with van der Waals surface area (Å²) in [5.74, 6) is 0.990. The molecule has 3 rings (SSSR count). The number of anilines is 1. The summed E-state index contributed by atoms with van der Waals surface area (Å²) in [6.45, 7) is 9.59. The number of hydrogen-bond donors (Lipinski definition) is 0. The van der Waals surface area contributed by atoms with Gasteiger partial charge in [0, 0.05) is 39.3 Å². The van der Waals surface area contributed by atoms with Crippen molar-refractivity contribution in [3.8, 4) is 5.75 Å². The number of methoxy groups -OCH3 is 1. The molecule has 122 valence electrons. The second-order valence-electron chi connectivity index (χ2n) is 6.40. The van der Waals surface area contributed by atoms with Gasteiger partial charge in [0.2, 0.25) is 0 Å². The van der Waals surface area contributed by atoms with Gasteiger partial charge in [-0.2, -0.15) is 0 Å². The third-order valence-electron chi connectivity index (χ3n) is 4.98. The van der Waals surface area contributed by atoms with Gasteiger partial charge in [0.15, 0.2) is 0 Å². The van der Waals surface area contributed by atoms with E-state index in [-0.39, 0.29) is 0 Å². The first kappa shape index (κ1) is 15.6. The Morgan fingerprint density at radius 2 is 1.45 bits per heavy atom. The van der Waals surface area contributed by atoms with E-state index in [0.29, 0.717) is 0 Å². The molecule has 2 aliphatic rings. The number of rotatable bonds is 5. The van der Waals surface area contributed by atoms with Crippen LogP contribution in [0, 0.1) is 0 Å². The molecule has 2 heterocycles. The quantitative estimate of drug-likeness (QED) is 0.831. The van der Waals surface area contributed by atoms with E-state index in [1.165, 1.54) is 51.1 Å². The molecular weight excluding hydrogens is 274 g/mol. The van der Waals surface area contributed by atoms with Crippen LogP contribution in [0.1, 0.15) is 19.3 Å². The molecule has 0 bridgehead atoms. The van der Waals surface area contributed by atoms with Crippen LogP contribution in [0.15, 0.2) is 24.3 Å². The van der Waals surface area contributed by atoms with Crippen LogP contribution in [0.5, 0.6) is 5.75 Å². The average Bonchev–Trinajstić information content (AvgIpc) is 2.61. The zero-order valence-electron chi connectivity index (χ0n) is 13.8. The normalized spacial score (nSPS) is 21.0. The van der Waals surface area contributed by atoms with E-state index in [1.807, 2.05) is 6.07 Å². The highest BCUT2D eigenvalue weighted by Crippen LogP contribution is 2.28. The molecule has 4 heteroatoms. The number of piperidine rings is 1. The molecule has 0 spiro atoms. The second-order valence-corrected chi connectivity index (χ2v) is 6.40.